The quantitative estimate of drug-likeness (QED) is 0.848. The summed E-state index contributed by atoms with van der Waals surface area (Å²) in [6, 6.07) is 7.32. The van der Waals surface area contributed by atoms with E-state index in [0.717, 1.165) is 0 Å². The van der Waals surface area contributed by atoms with Gasteiger partial charge in [0.25, 0.3) is 5.91 Å². The number of rotatable bonds is 4. The predicted molar refractivity (Wildman–Crippen MR) is 60.5 cm³/mol. The average molecular weight is 286 g/mol. The van der Waals surface area contributed by atoms with Crippen LogP contribution in [0.3, 0.4) is 0 Å². The fourth-order valence-electron chi connectivity index (χ4n) is 1.18. The van der Waals surface area contributed by atoms with Crippen LogP contribution < -0.4 is 5.32 Å². The Morgan fingerprint density at radius 3 is 2.65 bits per heavy atom. The van der Waals surface area contributed by atoms with Crippen molar-refractivity contribution in [3.63, 3.8) is 0 Å². The van der Waals surface area contributed by atoms with Crippen molar-refractivity contribution in [1.29, 1.82) is 5.26 Å². The largest absolute Gasteiger partial charge is 0.452 e. The Kier molecular flexibility index (Phi) is 5.08. The van der Waals surface area contributed by atoms with Gasteiger partial charge in [0.1, 0.15) is 6.54 Å². The number of nitriles is 1. The summed E-state index contributed by atoms with van der Waals surface area (Å²) >= 11 is 0. The number of carbonyl (C=O) groups excluding carboxylic acids is 2. The van der Waals surface area contributed by atoms with Crippen molar-refractivity contribution in [2.24, 2.45) is 0 Å². The molecular weight excluding hydrogens is 277 g/mol. The summed E-state index contributed by atoms with van der Waals surface area (Å²) in [6.45, 7) is -2.32. The number of halogens is 3. The predicted octanol–water partition coefficient (Wildman–Crippen LogP) is 1.39. The molecule has 0 bridgehead atoms. The molecule has 1 aromatic rings. The van der Waals surface area contributed by atoms with E-state index >= 15 is 0 Å². The molecule has 0 aliphatic carbocycles. The Hall–Kier alpha value is -2.56. The lowest BCUT2D eigenvalue weighted by Crippen LogP contribution is -2.36. The van der Waals surface area contributed by atoms with Crippen LogP contribution in [-0.2, 0) is 9.53 Å². The van der Waals surface area contributed by atoms with Crippen LogP contribution in [-0.4, -0.2) is 31.2 Å². The minimum Gasteiger partial charge on any atom is -0.452 e. The Morgan fingerprint density at radius 1 is 1.35 bits per heavy atom. The molecule has 0 atom stereocenters. The highest BCUT2D eigenvalue weighted by atomic mass is 19.4. The number of esters is 1. The number of nitrogens with one attached hydrogen (secondary N) is 1. The first-order chi connectivity index (χ1) is 9.31. The van der Waals surface area contributed by atoms with E-state index in [1.807, 2.05) is 6.07 Å². The first kappa shape index (κ1) is 15.5. The molecule has 0 unspecified atom stereocenters. The third-order valence-corrected chi connectivity index (χ3v) is 2.05. The molecule has 0 saturated carbocycles. The minimum atomic E-state index is -4.53. The number of hydrogen-bond donors (Lipinski definition) is 1. The maximum atomic E-state index is 11.8. The van der Waals surface area contributed by atoms with Crippen LogP contribution in [0.2, 0.25) is 0 Å². The average Bonchev–Trinajstić information content (AvgIpc) is 2.41. The van der Waals surface area contributed by atoms with E-state index in [1.165, 1.54) is 24.3 Å². The molecule has 8 heteroatoms. The van der Waals surface area contributed by atoms with Crippen LogP contribution in [0.5, 0.6) is 0 Å². The maximum absolute atomic E-state index is 11.8. The van der Waals surface area contributed by atoms with Crippen molar-refractivity contribution in [1.82, 2.24) is 5.32 Å². The molecule has 1 amide bonds. The topological polar surface area (TPSA) is 79.2 Å². The molecule has 20 heavy (non-hydrogen) atoms. The van der Waals surface area contributed by atoms with Crippen LogP contribution in [0.15, 0.2) is 24.3 Å². The SMILES string of the molecule is N#Cc1cccc(C(=O)OCC(=O)NCC(F)(F)F)c1. The summed E-state index contributed by atoms with van der Waals surface area (Å²) in [4.78, 5) is 22.5. The van der Waals surface area contributed by atoms with Gasteiger partial charge in [-0.25, -0.2) is 4.79 Å². The van der Waals surface area contributed by atoms with Gasteiger partial charge in [0.2, 0.25) is 0 Å². The first-order valence-corrected chi connectivity index (χ1v) is 5.32. The van der Waals surface area contributed by atoms with Crippen LogP contribution in [0.25, 0.3) is 0 Å². The molecule has 1 N–H and O–H groups in total. The zero-order valence-electron chi connectivity index (χ0n) is 10.0. The summed E-state index contributed by atoms with van der Waals surface area (Å²) in [7, 11) is 0. The van der Waals surface area contributed by atoms with Gasteiger partial charge >= 0.3 is 12.1 Å². The molecule has 0 fully saturated rings. The number of benzene rings is 1. The number of ether oxygens (including phenoxy) is 1. The summed E-state index contributed by atoms with van der Waals surface area (Å²) in [6.07, 6.45) is -4.53. The smallest absolute Gasteiger partial charge is 0.405 e. The molecule has 0 saturated heterocycles. The number of carbonyl (C=O) groups is 2. The van der Waals surface area contributed by atoms with Gasteiger partial charge in [-0.3, -0.25) is 4.79 Å². The fraction of sp³-hybridized carbons (Fsp3) is 0.250. The second-order valence-electron chi connectivity index (χ2n) is 3.66. The highest BCUT2D eigenvalue weighted by Crippen LogP contribution is 2.12. The first-order valence-electron chi connectivity index (χ1n) is 5.32. The number of hydrogen-bond acceptors (Lipinski definition) is 4. The molecule has 0 heterocycles. The molecule has 0 aliphatic rings. The van der Waals surface area contributed by atoms with Crippen LogP contribution >= 0.6 is 0 Å². The van der Waals surface area contributed by atoms with Crippen molar-refractivity contribution < 1.29 is 27.5 Å². The number of alkyl halides is 3. The van der Waals surface area contributed by atoms with E-state index < -0.39 is 31.2 Å². The van der Waals surface area contributed by atoms with Crippen molar-refractivity contribution in [3.05, 3.63) is 35.4 Å². The number of amides is 1. The molecular formula is C12H9F3N2O3. The lowest BCUT2D eigenvalue weighted by Gasteiger charge is -2.08. The van der Waals surface area contributed by atoms with E-state index in [0.29, 0.717) is 0 Å². The van der Waals surface area contributed by atoms with Crippen molar-refractivity contribution in [3.8, 4) is 6.07 Å². The van der Waals surface area contributed by atoms with Gasteiger partial charge in [-0.1, -0.05) is 6.07 Å². The maximum Gasteiger partial charge on any atom is 0.405 e. The van der Waals surface area contributed by atoms with Crippen LogP contribution in [0.4, 0.5) is 13.2 Å². The standard InChI is InChI=1S/C12H9F3N2O3/c13-12(14,15)7-17-10(18)6-20-11(19)9-3-1-2-8(4-9)5-16/h1-4H,6-7H2,(H,17,18). The third kappa shape index (κ3) is 5.39. The normalized spacial score (nSPS) is 10.5. The number of nitrogens with zero attached hydrogens (tertiary/aromatic N) is 1. The summed E-state index contributed by atoms with van der Waals surface area (Å²) in [5.41, 5.74) is 0.258. The summed E-state index contributed by atoms with van der Waals surface area (Å²) in [5, 5.41) is 10.2. The Bertz CT molecular complexity index is 550. The lowest BCUT2D eigenvalue weighted by molar-refractivity contribution is -0.140. The summed E-state index contributed by atoms with van der Waals surface area (Å²) < 4.78 is 40.0. The molecule has 0 radical (unpaired) electrons. The van der Waals surface area contributed by atoms with E-state index in [-0.39, 0.29) is 11.1 Å². The lowest BCUT2D eigenvalue weighted by atomic mass is 10.1. The molecule has 0 spiro atoms. The Labute approximate surface area is 111 Å². The fourth-order valence-corrected chi connectivity index (χ4v) is 1.18. The van der Waals surface area contributed by atoms with Gasteiger partial charge in [-0.15, -0.1) is 0 Å². The highest BCUT2D eigenvalue weighted by Gasteiger charge is 2.27. The Balaban J connectivity index is 2.47. The molecule has 0 aromatic heterocycles. The van der Waals surface area contributed by atoms with E-state index in [9.17, 15) is 22.8 Å². The summed E-state index contributed by atoms with van der Waals surface area (Å²) in [5.74, 6) is -1.96. The zero-order chi connectivity index (χ0) is 15.2. The molecule has 1 aromatic carbocycles. The van der Waals surface area contributed by atoms with Gasteiger partial charge < -0.3 is 10.1 Å². The van der Waals surface area contributed by atoms with Gasteiger partial charge in [-0.2, -0.15) is 18.4 Å². The van der Waals surface area contributed by atoms with Crippen molar-refractivity contribution >= 4 is 11.9 Å². The Morgan fingerprint density at radius 2 is 2.05 bits per heavy atom. The monoisotopic (exact) mass is 286 g/mol. The zero-order valence-corrected chi connectivity index (χ0v) is 10.0. The van der Waals surface area contributed by atoms with Gasteiger partial charge in [0.05, 0.1) is 17.2 Å². The molecule has 0 aliphatic heterocycles. The molecule has 5 nitrogen and oxygen atoms in total. The van der Waals surface area contributed by atoms with Crippen molar-refractivity contribution in [2.75, 3.05) is 13.2 Å². The molecule has 1 rings (SSSR count). The van der Waals surface area contributed by atoms with Gasteiger partial charge in [0, 0.05) is 0 Å². The van der Waals surface area contributed by atoms with E-state index in [1.54, 1.807) is 5.32 Å². The van der Waals surface area contributed by atoms with Gasteiger partial charge in [-0.05, 0) is 18.2 Å². The van der Waals surface area contributed by atoms with Gasteiger partial charge in [0.15, 0.2) is 6.61 Å². The second kappa shape index (κ2) is 6.56. The van der Waals surface area contributed by atoms with Crippen LogP contribution in [0, 0.1) is 11.3 Å². The van der Waals surface area contributed by atoms with Crippen LogP contribution in [0.1, 0.15) is 15.9 Å². The third-order valence-electron chi connectivity index (χ3n) is 2.05. The second-order valence-corrected chi connectivity index (χ2v) is 3.66. The van der Waals surface area contributed by atoms with E-state index in [4.69, 9.17) is 5.26 Å². The minimum absolute atomic E-state index is 0.0349. The highest BCUT2D eigenvalue weighted by molar-refractivity contribution is 5.91. The molecule has 106 valence electrons. The van der Waals surface area contributed by atoms with Crippen molar-refractivity contribution in [2.45, 2.75) is 6.18 Å². The van der Waals surface area contributed by atoms with E-state index in [2.05, 4.69) is 4.74 Å².